The largest absolute Gasteiger partial charge is 0.394 e. The fourth-order valence-electron chi connectivity index (χ4n) is 2.14. The molecule has 0 aromatic carbocycles. The van der Waals surface area contributed by atoms with Crippen molar-refractivity contribution in [3.8, 4) is 0 Å². The van der Waals surface area contributed by atoms with Gasteiger partial charge in [0.15, 0.2) is 5.78 Å². The molecule has 1 atom stereocenters. The van der Waals surface area contributed by atoms with Crippen LogP contribution in [0.3, 0.4) is 0 Å². The minimum Gasteiger partial charge on any atom is -0.394 e. The zero-order valence-electron chi connectivity index (χ0n) is 12.6. The van der Waals surface area contributed by atoms with Crippen molar-refractivity contribution in [2.75, 3.05) is 13.2 Å². The molecular formula is C14H28O4Si. The highest BCUT2D eigenvalue weighted by Crippen LogP contribution is 2.24. The van der Waals surface area contributed by atoms with Crippen LogP contribution < -0.4 is 0 Å². The first-order valence-corrected chi connectivity index (χ1v) is 9.40. The second-order valence-electron chi connectivity index (χ2n) is 4.48. The van der Waals surface area contributed by atoms with Crippen LogP contribution in [0.2, 0.25) is 12.1 Å². The number of hydrogen-bond acceptors (Lipinski definition) is 4. The van der Waals surface area contributed by atoms with Gasteiger partial charge in [-0.25, -0.2) is 0 Å². The number of carbonyl (C=O) groups excluding carboxylic acids is 1. The fraction of sp³-hybridized carbons (Fsp3) is 0.786. The molecule has 1 unspecified atom stereocenters. The molecule has 0 amide bonds. The van der Waals surface area contributed by atoms with Crippen molar-refractivity contribution < 1.29 is 18.8 Å². The standard InChI is InChI=1S/C14H28O4Si/c1-5-9-13(15)14(16)10-12-19(11-6-2,17-7-3)18-8-4/h5,9,14,16H,6-8,10-12H2,1-4H3. The van der Waals surface area contributed by atoms with Gasteiger partial charge in [0.1, 0.15) is 6.10 Å². The van der Waals surface area contributed by atoms with Crippen LogP contribution in [-0.2, 0) is 13.6 Å². The second-order valence-corrected chi connectivity index (χ2v) is 7.88. The molecule has 0 saturated heterocycles. The molecule has 1 N–H and O–H groups in total. The SMILES string of the molecule is CC=CC(=O)C(O)CC[Si](CCC)(OCC)OCC. The summed E-state index contributed by atoms with van der Waals surface area (Å²) in [6, 6.07) is 1.56. The Morgan fingerprint density at radius 2 is 1.79 bits per heavy atom. The average molecular weight is 288 g/mol. The van der Waals surface area contributed by atoms with E-state index in [1.54, 1.807) is 13.0 Å². The van der Waals surface area contributed by atoms with E-state index >= 15 is 0 Å². The van der Waals surface area contributed by atoms with Crippen molar-refractivity contribution in [2.24, 2.45) is 0 Å². The smallest absolute Gasteiger partial charge is 0.338 e. The molecule has 0 bridgehead atoms. The third kappa shape index (κ3) is 7.01. The Bertz CT molecular complexity index is 262. The summed E-state index contributed by atoms with van der Waals surface area (Å²) in [5, 5.41) is 9.83. The second kappa shape index (κ2) is 10.3. The first-order chi connectivity index (χ1) is 9.05. The Hall–Kier alpha value is -0.493. The van der Waals surface area contributed by atoms with Crippen LogP contribution in [0.4, 0.5) is 0 Å². The van der Waals surface area contributed by atoms with E-state index in [9.17, 15) is 9.90 Å². The molecule has 19 heavy (non-hydrogen) atoms. The third-order valence-electron chi connectivity index (χ3n) is 2.90. The van der Waals surface area contributed by atoms with Gasteiger partial charge < -0.3 is 14.0 Å². The number of hydrogen-bond donors (Lipinski definition) is 1. The van der Waals surface area contributed by atoms with E-state index < -0.39 is 14.7 Å². The van der Waals surface area contributed by atoms with E-state index in [-0.39, 0.29) is 5.78 Å². The average Bonchev–Trinajstić information content (AvgIpc) is 2.37. The molecule has 0 fully saturated rings. The normalized spacial score (nSPS) is 13.9. The Morgan fingerprint density at radius 3 is 2.21 bits per heavy atom. The van der Waals surface area contributed by atoms with Crippen LogP contribution in [0.1, 0.15) is 40.5 Å². The molecule has 4 nitrogen and oxygen atoms in total. The highest BCUT2D eigenvalue weighted by atomic mass is 28.4. The van der Waals surface area contributed by atoms with Crippen molar-refractivity contribution in [3.63, 3.8) is 0 Å². The highest BCUT2D eigenvalue weighted by molar-refractivity contribution is 6.67. The highest BCUT2D eigenvalue weighted by Gasteiger charge is 2.36. The minimum atomic E-state index is -2.26. The number of carbonyl (C=O) groups is 1. The first-order valence-electron chi connectivity index (χ1n) is 7.17. The predicted molar refractivity (Wildman–Crippen MR) is 79.4 cm³/mol. The molecule has 5 heteroatoms. The van der Waals surface area contributed by atoms with Crippen LogP contribution in [-0.4, -0.2) is 38.8 Å². The lowest BCUT2D eigenvalue weighted by Gasteiger charge is -2.30. The molecule has 0 aromatic heterocycles. The van der Waals surface area contributed by atoms with Gasteiger partial charge in [-0.15, -0.1) is 0 Å². The van der Waals surface area contributed by atoms with Crippen molar-refractivity contribution in [1.29, 1.82) is 0 Å². The van der Waals surface area contributed by atoms with Crippen LogP contribution in [0, 0.1) is 0 Å². The Morgan fingerprint density at radius 1 is 1.21 bits per heavy atom. The van der Waals surface area contributed by atoms with Crippen LogP contribution in [0.25, 0.3) is 0 Å². The van der Waals surface area contributed by atoms with Gasteiger partial charge >= 0.3 is 8.56 Å². The lowest BCUT2D eigenvalue weighted by Crippen LogP contribution is -2.43. The Balaban J connectivity index is 4.57. The van der Waals surface area contributed by atoms with Gasteiger partial charge in [-0.2, -0.15) is 0 Å². The van der Waals surface area contributed by atoms with Crippen molar-refractivity contribution >= 4 is 14.3 Å². The summed E-state index contributed by atoms with van der Waals surface area (Å²) in [6.07, 6.45) is 3.52. The summed E-state index contributed by atoms with van der Waals surface area (Å²) in [6.45, 7) is 9.01. The Labute approximate surface area is 118 Å². The lowest BCUT2D eigenvalue weighted by atomic mass is 10.2. The first kappa shape index (κ1) is 18.5. The molecule has 0 saturated carbocycles. The van der Waals surface area contributed by atoms with Gasteiger partial charge in [-0.05, 0) is 45.4 Å². The zero-order valence-corrected chi connectivity index (χ0v) is 13.6. The summed E-state index contributed by atoms with van der Waals surface area (Å²) in [7, 11) is -2.26. The van der Waals surface area contributed by atoms with Crippen molar-refractivity contribution in [2.45, 2.75) is 58.7 Å². The van der Waals surface area contributed by atoms with Gasteiger partial charge in [-0.1, -0.05) is 19.4 Å². The van der Waals surface area contributed by atoms with E-state index in [0.29, 0.717) is 25.7 Å². The fourth-order valence-corrected chi connectivity index (χ4v) is 5.57. The summed E-state index contributed by atoms with van der Waals surface area (Å²) in [4.78, 5) is 11.5. The predicted octanol–water partition coefficient (Wildman–Crippen LogP) is 2.81. The van der Waals surface area contributed by atoms with Crippen molar-refractivity contribution in [3.05, 3.63) is 12.2 Å². The maximum Gasteiger partial charge on any atom is 0.338 e. The third-order valence-corrected chi connectivity index (χ3v) is 6.85. The molecular weight excluding hydrogens is 260 g/mol. The summed E-state index contributed by atoms with van der Waals surface area (Å²) in [5.74, 6) is -0.241. The van der Waals surface area contributed by atoms with Crippen LogP contribution in [0.5, 0.6) is 0 Å². The number of aliphatic hydroxyl groups is 1. The summed E-state index contributed by atoms with van der Waals surface area (Å²) >= 11 is 0. The monoisotopic (exact) mass is 288 g/mol. The molecule has 0 spiro atoms. The van der Waals surface area contributed by atoms with Gasteiger partial charge in [0.2, 0.25) is 0 Å². The summed E-state index contributed by atoms with van der Waals surface area (Å²) in [5.41, 5.74) is 0. The zero-order chi connectivity index (χ0) is 14.7. The van der Waals surface area contributed by atoms with E-state index in [0.717, 1.165) is 12.5 Å². The van der Waals surface area contributed by atoms with Crippen LogP contribution >= 0.6 is 0 Å². The Kier molecular flexibility index (Phi) is 10.0. The van der Waals surface area contributed by atoms with E-state index in [1.165, 1.54) is 6.08 Å². The molecule has 0 rings (SSSR count). The van der Waals surface area contributed by atoms with E-state index in [4.69, 9.17) is 8.85 Å². The quantitative estimate of drug-likeness (QED) is 0.469. The topological polar surface area (TPSA) is 55.8 Å². The maximum absolute atomic E-state index is 11.5. The molecule has 0 aliphatic heterocycles. The molecule has 0 heterocycles. The number of rotatable bonds is 11. The van der Waals surface area contributed by atoms with E-state index in [2.05, 4.69) is 6.92 Å². The van der Waals surface area contributed by atoms with Gasteiger partial charge in [0, 0.05) is 13.2 Å². The molecule has 0 aliphatic rings. The van der Waals surface area contributed by atoms with Gasteiger partial charge in [-0.3, -0.25) is 4.79 Å². The molecule has 112 valence electrons. The van der Waals surface area contributed by atoms with Crippen molar-refractivity contribution in [1.82, 2.24) is 0 Å². The van der Waals surface area contributed by atoms with Gasteiger partial charge in [0.25, 0.3) is 0 Å². The summed E-state index contributed by atoms with van der Waals surface area (Å²) < 4.78 is 11.8. The molecule has 0 radical (unpaired) electrons. The number of aliphatic hydroxyl groups excluding tert-OH is 1. The molecule has 0 aromatic rings. The number of ketones is 1. The van der Waals surface area contributed by atoms with E-state index in [1.807, 2.05) is 13.8 Å². The van der Waals surface area contributed by atoms with Gasteiger partial charge in [0.05, 0.1) is 0 Å². The molecule has 0 aliphatic carbocycles. The maximum atomic E-state index is 11.5. The number of allylic oxidation sites excluding steroid dienone is 1. The minimum absolute atomic E-state index is 0.241. The lowest BCUT2D eigenvalue weighted by molar-refractivity contribution is -0.122. The van der Waals surface area contributed by atoms with Crippen LogP contribution in [0.15, 0.2) is 12.2 Å².